The van der Waals surface area contributed by atoms with Crippen molar-refractivity contribution in [2.24, 2.45) is 0 Å². The van der Waals surface area contributed by atoms with Crippen molar-refractivity contribution in [1.29, 1.82) is 0 Å². The normalized spacial score (nSPS) is 17.9. The van der Waals surface area contributed by atoms with E-state index in [1.165, 1.54) is 5.48 Å². The maximum Gasteiger partial charge on any atom is 0.408 e. The molecular weight excluding hydrogens is 200 g/mol. The van der Waals surface area contributed by atoms with Gasteiger partial charge in [0.1, 0.15) is 11.1 Å². The summed E-state index contributed by atoms with van der Waals surface area (Å²) < 4.78 is 5.00. The van der Waals surface area contributed by atoms with Crippen LogP contribution in [-0.2, 0) is 9.53 Å². The van der Waals surface area contributed by atoms with E-state index in [-0.39, 0.29) is 0 Å². The van der Waals surface area contributed by atoms with E-state index in [1.807, 2.05) is 0 Å². The van der Waals surface area contributed by atoms with E-state index in [0.29, 0.717) is 12.8 Å². The lowest BCUT2D eigenvalue weighted by Gasteiger charge is -2.22. The highest BCUT2D eigenvalue weighted by Crippen LogP contribution is 2.35. The molecule has 1 saturated carbocycles. The smallest absolute Gasteiger partial charge is 0.408 e. The summed E-state index contributed by atoms with van der Waals surface area (Å²) in [6.07, 6.45) is 0.376. The molecule has 0 aromatic carbocycles. The van der Waals surface area contributed by atoms with Gasteiger partial charge in [0.05, 0.1) is 0 Å². The zero-order valence-corrected chi connectivity index (χ0v) is 9.09. The summed E-state index contributed by atoms with van der Waals surface area (Å²) in [5, 5.41) is 10.9. The fourth-order valence-electron chi connectivity index (χ4n) is 1.14. The van der Waals surface area contributed by atoms with Crippen molar-refractivity contribution in [1.82, 2.24) is 10.8 Å². The Kier molecular flexibility index (Phi) is 2.90. The molecule has 86 valence electrons. The predicted molar refractivity (Wildman–Crippen MR) is 51.3 cm³/mol. The summed E-state index contributed by atoms with van der Waals surface area (Å²) >= 11 is 0. The number of rotatable bonds is 2. The van der Waals surface area contributed by atoms with Crippen LogP contribution in [0.2, 0.25) is 0 Å². The first-order valence-electron chi connectivity index (χ1n) is 4.75. The van der Waals surface area contributed by atoms with Crippen LogP contribution in [-0.4, -0.2) is 28.3 Å². The molecule has 0 saturated heterocycles. The average Bonchev–Trinajstić information content (AvgIpc) is 2.80. The molecule has 6 heteroatoms. The number of carbonyl (C=O) groups is 2. The fraction of sp³-hybridized carbons (Fsp3) is 0.778. The molecule has 0 spiro atoms. The van der Waals surface area contributed by atoms with Crippen LogP contribution in [0.5, 0.6) is 0 Å². The van der Waals surface area contributed by atoms with Crippen molar-refractivity contribution >= 4 is 12.0 Å². The number of hydrogen-bond acceptors (Lipinski definition) is 4. The quantitative estimate of drug-likeness (QED) is 0.464. The Hall–Kier alpha value is -1.30. The molecule has 6 nitrogen and oxygen atoms in total. The van der Waals surface area contributed by atoms with E-state index in [0.717, 1.165) is 0 Å². The van der Waals surface area contributed by atoms with Gasteiger partial charge in [-0.15, -0.1) is 0 Å². The topological polar surface area (TPSA) is 87.7 Å². The van der Waals surface area contributed by atoms with Crippen molar-refractivity contribution < 1.29 is 19.5 Å². The van der Waals surface area contributed by atoms with Gasteiger partial charge in [-0.3, -0.25) is 10.0 Å². The molecule has 2 amide bonds. The molecule has 3 N–H and O–H groups in total. The van der Waals surface area contributed by atoms with Gasteiger partial charge >= 0.3 is 6.09 Å². The van der Waals surface area contributed by atoms with Crippen LogP contribution in [0.15, 0.2) is 0 Å². The van der Waals surface area contributed by atoms with Gasteiger partial charge < -0.3 is 10.1 Å². The van der Waals surface area contributed by atoms with E-state index in [1.54, 1.807) is 20.8 Å². The summed E-state index contributed by atoms with van der Waals surface area (Å²) in [7, 11) is 0. The monoisotopic (exact) mass is 216 g/mol. The van der Waals surface area contributed by atoms with Crippen LogP contribution >= 0.6 is 0 Å². The second-order valence-corrected chi connectivity index (χ2v) is 4.65. The minimum absolute atomic E-state index is 0.513. The lowest BCUT2D eigenvalue weighted by molar-refractivity contribution is -0.132. The highest BCUT2D eigenvalue weighted by molar-refractivity contribution is 5.92. The Balaban J connectivity index is 2.49. The number of ether oxygens (including phenoxy) is 1. The maximum atomic E-state index is 11.3. The van der Waals surface area contributed by atoms with E-state index >= 15 is 0 Å². The molecule has 1 aliphatic carbocycles. The summed E-state index contributed by atoms with van der Waals surface area (Å²) in [5.41, 5.74) is -0.0497. The van der Waals surface area contributed by atoms with E-state index in [9.17, 15) is 9.59 Å². The largest absolute Gasteiger partial charge is 0.444 e. The third kappa shape index (κ3) is 3.09. The SMILES string of the molecule is CC(C)(C)OC(=O)NC1(C(=O)NO)CC1. The average molecular weight is 216 g/mol. The van der Waals surface area contributed by atoms with Crippen molar-refractivity contribution in [3.05, 3.63) is 0 Å². The van der Waals surface area contributed by atoms with Gasteiger partial charge in [0, 0.05) is 0 Å². The minimum atomic E-state index is -0.975. The van der Waals surface area contributed by atoms with Crippen LogP contribution in [0.1, 0.15) is 33.6 Å². The van der Waals surface area contributed by atoms with Crippen molar-refractivity contribution in [2.45, 2.75) is 44.8 Å². The molecule has 0 radical (unpaired) electrons. The van der Waals surface area contributed by atoms with Gasteiger partial charge in [0.15, 0.2) is 0 Å². The molecule has 15 heavy (non-hydrogen) atoms. The molecule has 1 aliphatic rings. The molecule has 0 atom stereocenters. The van der Waals surface area contributed by atoms with Gasteiger partial charge in [-0.05, 0) is 33.6 Å². The lowest BCUT2D eigenvalue weighted by Crippen LogP contribution is -2.49. The van der Waals surface area contributed by atoms with Crippen molar-refractivity contribution in [3.8, 4) is 0 Å². The third-order valence-corrected chi connectivity index (χ3v) is 2.03. The Morgan fingerprint density at radius 2 is 1.87 bits per heavy atom. The number of nitrogens with one attached hydrogen (secondary N) is 2. The highest BCUT2D eigenvalue weighted by atomic mass is 16.6. The van der Waals surface area contributed by atoms with Crippen LogP contribution in [0.4, 0.5) is 4.79 Å². The lowest BCUT2D eigenvalue weighted by atomic mass is 10.2. The third-order valence-electron chi connectivity index (χ3n) is 2.03. The minimum Gasteiger partial charge on any atom is -0.444 e. The van der Waals surface area contributed by atoms with Gasteiger partial charge in [0.25, 0.3) is 5.91 Å². The highest BCUT2D eigenvalue weighted by Gasteiger charge is 2.52. The fourth-order valence-corrected chi connectivity index (χ4v) is 1.14. The molecule has 0 aromatic rings. The second kappa shape index (κ2) is 3.69. The van der Waals surface area contributed by atoms with Gasteiger partial charge in [-0.2, -0.15) is 0 Å². The van der Waals surface area contributed by atoms with Crippen LogP contribution in [0, 0.1) is 0 Å². The molecule has 0 bridgehead atoms. The predicted octanol–water partition coefficient (Wildman–Crippen LogP) is 0.549. The number of hydroxylamine groups is 1. The number of amides is 2. The molecule has 0 unspecified atom stereocenters. The zero-order chi connectivity index (χ0) is 11.7. The summed E-state index contributed by atoms with van der Waals surface area (Å²) in [6, 6.07) is 0. The molecular formula is C9H16N2O4. The first-order chi connectivity index (χ1) is 6.79. The Labute approximate surface area is 87.9 Å². The standard InChI is InChI=1S/C9H16N2O4/c1-8(2,3)15-7(13)10-9(4-5-9)6(12)11-14/h14H,4-5H2,1-3H3,(H,10,13)(H,11,12). The Bertz CT molecular complexity index is 278. The number of hydrogen-bond donors (Lipinski definition) is 3. The first-order valence-corrected chi connectivity index (χ1v) is 4.75. The van der Waals surface area contributed by atoms with Crippen molar-refractivity contribution in [3.63, 3.8) is 0 Å². The first kappa shape index (κ1) is 11.8. The summed E-state index contributed by atoms with van der Waals surface area (Å²) in [6.45, 7) is 5.20. The molecule has 1 fully saturated rings. The molecule has 0 aromatic heterocycles. The van der Waals surface area contributed by atoms with Gasteiger partial charge in [-0.1, -0.05) is 0 Å². The van der Waals surface area contributed by atoms with Crippen LogP contribution < -0.4 is 10.8 Å². The van der Waals surface area contributed by atoms with Gasteiger partial charge in [-0.25, -0.2) is 10.3 Å². The molecule has 1 rings (SSSR count). The summed E-state index contributed by atoms with van der Waals surface area (Å²) in [4.78, 5) is 22.5. The number of carbonyl (C=O) groups excluding carboxylic acids is 2. The van der Waals surface area contributed by atoms with E-state index in [2.05, 4.69) is 5.32 Å². The molecule has 0 aliphatic heterocycles. The van der Waals surface area contributed by atoms with E-state index < -0.39 is 23.1 Å². The second-order valence-electron chi connectivity index (χ2n) is 4.65. The van der Waals surface area contributed by atoms with Crippen LogP contribution in [0.3, 0.4) is 0 Å². The Morgan fingerprint density at radius 3 is 2.20 bits per heavy atom. The Morgan fingerprint density at radius 1 is 1.33 bits per heavy atom. The molecule has 0 heterocycles. The van der Waals surface area contributed by atoms with Crippen LogP contribution in [0.25, 0.3) is 0 Å². The summed E-state index contributed by atoms with van der Waals surface area (Å²) in [5.74, 6) is -0.603. The van der Waals surface area contributed by atoms with Crippen molar-refractivity contribution in [2.75, 3.05) is 0 Å². The van der Waals surface area contributed by atoms with Gasteiger partial charge in [0.2, 0.25) is 0 Å². The zero-order valence-electron chi connectivity index (χ0n) is 9.09. The van der Waals surface area contributed by atoms with E-state index in [4.69, 9.17) is 9.94 Å². The maximum absolute atomic E-state index is 11.3. The number of alkyl carbamates (subject to hydrolysis) is 1.